The van der Waals surface area contributed by atoms with E-state index in [-0.39, 0.29) is 0 Å². The Morgan fingerprint density at radius 2 is 1.63 bits per heavy atom. The fraction of sp³-hybridized carbons (Fsp3) is 0.208. The van der Waals surface area contributed by atoms with E-state index in [9.17, 15) is 0 Å². The molecule has 0 amide bonds. The molecular formula is C24H24N4OS. The maximum Gasteiger partial charge on any atom is 0.196 e. The molecule has 152 valence electrons. The second kappa shape index (κ2) is 9.59. The van der Waals surface area contributed by atoms with Crippen LogP contribution in [-0.4, -0.2) is 32.1 Å². The van der Waals surface area contributed by atoms with Gasteiger partial charge < -0.3 is 4.74 Å². The third kappa shape index (κ3) is 4.71. The van der Waals surface area contributed by atoms with Crippen LogP contribution in [0.15, 0.2) is 78.2 Å². The number of nitrogens with zero attached hydrogens (tertiary/aromatic N) is 4. The van der Waals surface area contributed by atoms with Crippen molar-refractivity contribution in [3.05, 3.63) is 84.2 Å². The lowest BCUT2D eigenvalue weighted by Crippen LogP contribution is -2.03. The van der Waals surface area contributed by atoms with Crippen molar-refractivity contribution in [3.63, 3.8) is 0 Å². The van der Waals surface area contributed by atoms with E-state index in [0.29, 0.717) is 6.61 Å². The summed E-state index contributed by atoms with van der Waals surface area (Å²) in [5, 5.41) is 9.79. The molecule has 0 spiro atoms. The number of aryl methyl sites for hydroxylation is 2. The molecule has 0 fully saturated rings. The number of rotatable bonds is 8. The van der Waals surface area contributed by atoms with Crippen molar-refractivity contribution in [1.82, 2.24) is 19.7 Å². The molecule has 0 bridgehead atoms. The first kappa shape index (κ1) is 20.2. The molecule has 30 heavy (non-hydrogen) atoms. The molecule has 0 N–H and O–H groups in total. The minimum absolute atomic E-state index is 0.597. The number of hydrogen-bond donors (Lipinski definition) is 0. The van der Waals surface area contributed by atoms with Gasteiger partial charge in [0.2, 0.25) is 0 Å². The highest BCUT2D eigenvalue weighted by atomic mass is 32.2. The van der Waals surface area contributed by atoms with Crippen LogP contribution >= 0.6 is 11.8 Å². The monoisotopic (exact) mass is 416 g/mol. The molecule has 0 aliphatic heterocycles. The van der Waals surface area contributed by atoms with Gasteiger partial charge in [0.05, 0.1) is 6.61 Å². The first-order valence-corrected chi connectivity index (χ1v) is 11.0. The maximum absolute atomic E-state index is 5.86. The molecule has 0 radical (unpaired) electrons. The fourth-order valence-corrected chi connectivity index (χ4v) is 3.86. The quantitative estimate of drug-likeness (QED) is 0.285. The van der Waals surface area contributed by atoms with Crippen LogP contribution in [0.4, 0.5) is 0 Å². The largest absolute Gasteiger partial charge is 0.493 e. The van der Waals surface area contributed by atoms with Crippen molar-refractivity contribution in [1.29, 1.82) is 0 Å². The van der Waals surface area contributed by atoms with Gasteiger partial charge in [-0.2, -0.15) is 0 Å². The van der Waals surface area contributed by atoms with Crippen LogP contribution in [-0.2, 0) is 6.42 Å². The van der Waals surface area contributed by atoms with E-state index in [1.807, 2.05) is 24.3 Å². The van der Waals surface area contributed by atoms with Gasteiger partial charge in [-0.15, -0.1) is 10.2 Å². The second-order valence-corrected chi connectivity index (χ2v) is 7.97. The van der Waals surface area contributed by atoms with E-state index in [1.54, 1.807) is 24.2 Å². The summed E-state index contributed by atoms with van der Waals surface area (Å²) in [5.41, 5.74) is 4.56. The lowest BCUT2D eigenvalue weighted by Gasteiger charge is -2.11. The molecule has 6 heteroatoms. The average Bonchev–Trinajstić information content (AvgIpc) is 3.22. The minimum atomic E-state index is 0.597. The number of pyridine rings is 1. The Hall–Kier alpha value is -3.12. The van der Waals surface area contributed by atoms with E-state index in [1.165, 1.54) is 11.1 Å². The van der Waals surface area contributed by atoms with Gasteiger partial charge in [-0.3, -0.25) is 9.55 Å². The third-order valence-electron chi connectivity index (χ3n) is 4.78. The molecule has 0 unspecified atom stereocenters. The summed E-state index contributed by atoms with van der Waals surface area (Å²) in [6.07, 6.45) is 4.56. The standard InChI is InChI=1S/C24H24N4OS/c1-3-19-6-8-21(9-7-19)28-23(20-12-14-25-15-13-20)26-27-24(28)30-17-16-29-22-10-4-18(2)5-11-22/h4-15H,3,16-17H2,1-2H3. The van der Waals surface area contributed by atoms with Crippen molar-refractivity contribution < 1.29 is 4.74 Å². The molecule has 0 saturated carbocycles. The SMILES string of the molecule is CCc1ccc(-n2c(SCCOc3ccc(C)cc3)nnc2-c2ccncc2)cc1. The van der Waals surface area contributed by atoms with Gasteiger partial charge in [-0.05, 0) is 55.3 Å². The van der Waals surface area contributed by atoms with E-state index >= 15 is 0 Å². The average molecular weight is 417 g/mol. The number of thioether (sulfide) groups is 1. The molecule has 0 atom stereocenters. The third-order valence-corrected chi connectivity index (χ3v) is 5.67. The van der Waals surface area contributed by atoms with Crippen LogP contribution < -0.4 is 4.74 Å². The van der Waals surface area contributed by atoms with E-state index in [0.717, 1.165) is 40.2 Å². The Labute approximate surface area is 181 Å². The van der Waals surface area contributed by atoms with Gasteiger partial charge in [0.15, 0.2) is 11.0 Å². The molecular weight excluding hydrogens is 392 g/mol. The van der Waals surface area contributed by atoms with Crippen molar-refractivity contribution in [3.8, 4) is 22.8 Å². The number of aromatic nitrogens is 4. The van der Waals surface area contributed by atoms with Gasteiger partial charge in [-0.25, -0.2) is 0 Å². The number of benzene rings is 2. The Balaban J connectivity index is 1.54. The molecule has 0 aliphatic carbocycles. The van der Waals surface area contributed by atoms with Gasteiger partial charge in [0.25, 0.3) is 0 Å². The zero-order valence-corrected chi connectivity index (χ0v) is 18.0. The van der Waals surface area contributed by atoms with Gasteiger partial charge in [0, 0.05) is 29.4 Å². The Bertz CT molecular complexity index is 1080. The second-order valence-electron chi connectivity index (χ2n) is 6.91. The van der Waals surface area contributed by atoms with Crippen LogP contribution in [0.3, 0.4) is 0 Å². The summed E-state index contributed by atoms with van der Waals surface area (Å²) in [6, 6.07) is 20.6. The summed E-state index contributed by atoms with van der Waals surface area (Å²) in [7, 11) is 0. The lowest BCUT2D eigenvalue weighted by atomic mass is 10.1. The summed E-state index contributed by atoms with van der Waals surface area (Å²) >= 11 is 1.64. The fourth-order valence-electron chi connectivity index (χ4n) is 3.09. The van der Waals surface area contributed by atoms with Crippen LogP contribution in [0.1, 0.15) is 18.1 Å². The molecule has 2 aromatic heterocycles. The van der Waals surface area contributed by atoms with Crippen molar-refractivity contribution in [2.45, 2.75) is 25.4 Å². The van der Waals surface area contributed by atoms with E-state index in [2.05, 4.69) is 70.0 Å². The van der Waals surface area contributed by atoms with Gasteiger partial charge in [0.1, 0.15) is 5.75 Å². The zero-order valence-electron chi connectivity index (χ0n) is 17.2. The van der Waals surface area contributed by atoms with Crippen LogP contribution in [0.2, 0.25) is 0 Å². The van der Waals surface area contributed by atoms with Crippen LogP contribution in [0.5, 0.6) is 5.75 Å². The predicted octanol–water partition coefficient (Wildman–Crippen LogP) is 5.37. The summed E-state index contributed by atoms with van der Waals surface area (Å²) in [5.74, 6) is 2.47. The van der Waals surface area contributed by atoms with Crippen LogP contribution in [0.25, 0.3) is 17.1 Å². The summed E-state index contributed by atoms with van der Waals surface area (Å²) in [6.45, 7) is 4.82. The van der Waals surface area contributed by atoms with Crippen molar-refractivity contribution >= 4 is 11.8 Å². The molecule has 0 saturated heterocycles. The van der Waals surface area contributed by atoms with E-state index in [4.69, 9.17) is 4.74 Å². The number of ether oxygens (including phenoxy) is 1. The Kier molecular flexibility index (Phi) is 6.44. The highest BCUT2D eigenvalue weighted by molar-refractivity contribution is 7.99. The highest BCUT2D eigenvalue weighted by Gasteiger charge is 2.16. The minimum Gasteiger partial charge on any atom is -0.493 e. The topological polar surface area (TPSA) is 52.8 Å². The first-order valence-electron chi connectivity index (χ1n) is 10.0. The first-order chi connectivity index (χ1) is 14.7. The van der Waals surface area contributed by atoms with Gasteiger partial charge >= 0.3 is 0 Å². The lowest BCUT2D eigenvalue weighted by molar-refractivity contribution is 0.344. The number of hydrogen-bond acceptors (Lipinski definition) is 5. The zero-order chi connectivity index (χ0) is 20.8. The maximum atomic E-state index is 5.86. The highest BCUT2D eigenvalue weighted by Crippen LogP contribution is 2.28. The molecule has 0 aliphatic rings. The molecule has 5 nitrogen and oxygen atoms in total. The molecule has 4 aromatic rings. The Morgan fingerprint density at radius 1 is 0.900 bits per heavy atom. The Morgan fingerprint density at radius 3 is 2.33 bits per heavy atom. The molecule has 2 heterocycles. The molecule has 4 rings (SSSR count). The van der Waals surface area contributed by atoms with Crippen molar-refractivity contribution in [2.75, 3.05) is 12.4 Å². The smallest absolute Gasteiger partial charge is 0.196 e. The summed E-state index contributed by atoms with van der Waals surface area (Å²) in [4.78, 5) is 4.12. The summed E-state index contributed by atoms with van der Waals surface area (Å²) < 4.78 is 7.97. The molecule has 2 aromatic carbocycles. The predicted molar refractivity (Wildman–Crippen MR) is 121 cm³/mol. The normalized spacial score (nSPS) is 10.9. The van der Waals surface area contributed by atoms with Gasteiger partial charge in [-0.1, -0.05) is 48.5 Å². The van der Waals surface area contributed by atoms with E-state index < -0.39 is 0 Å². The van der Waals surface area contributed by atoms with Crippen LogP contribution in [0, 0.1) is 6.92 Å². The van der Waals surface area contributed by atoms with Crippen molar-refractivity contribution in [2.24, 2.45) is 0 Å².